The Bertz CT molecular complexity index is 884. The van der Waals surface area contributed by atoms with Crippen LogP contribution in [0.15, 0.2) is 53.2 Å². The van der Waals surface area contributed by atoms with Gasteiger partial charge in [-0.2, -0.15) is 4.73 Å². The van der Waals surface area contributed by atoms with E-state index in [4.69, 9.17) is 4.42 Å². The Morgan fingerprint density at radius 2 is 1.70 bits per heavy atom. The fourth-order valence-electron chi connectivity index (χ4n) is 2.20. The Kier molecular flexibility index (Phi) is 3.68. The number of aryl methyl sites for hydroxylation is 1. The number of fused-ring (bicyclic) bond motifs is 1. The summed E-state index contributed by atoms with van der Waals surface area (Å²) < 4.78 is 6.07. The van der Waals surface area contributed by atoms with Crippen LogP contribution in [0.3, 0.4) is 0 Å². The molecule has 0 saturated carbocycles. The van der Waals surface area contributed by atoms with Crippen LogP contribution in [-0.2, 0) is 0 Å². The number of benzene rings is 1. The molecule has 0 aliphatic carbocycles. The van der Waals surface area contributed by atoms with E-state index in [0.717, 1.165) is 5.39 Å². The molecular formula is C16H13N3O4. The molecule has 2 heterocycles. The largest absolute Gasteiger partial charge is 0.619 e. The highest BCUT2D eigenvalue weighted by Gasteiger charge is 2.18. The van der Waals surface area contributed by atoms with Gasteiger partial charge in [0.25, 0.3) is 5.91 Å². The van der Waals surface area contributed by atoms with E-state index in [1.54, 1.807) is 13.0 Å². The molecule has 0 radical (unpaired) electrons. The van der Waals surface area contributed by atoms with E-state index in [1.807, 2.05) is 18.2 Å². The predicted molar refractivity (Wildman–Crippen MR) is 81.3 cm³/mol. The molecule has 3 aromatic rings. The summed E-state index contributed by atoms with van der Waals surface area (Å²) in [5, 5.41) is 11.8. The summed E-state index contributed by atoms with van der Waals surface area (Å²) in [5.74, 6) is -0.952. The molecule has 7 heteroatoms. The zero-order valence-electron chi connectivity index (χ0n) is 12.2. The first kappa shape index (κ1) is 14.6. The van der Waals surface area contributed by atoms with E-state index in [1.165, 1.54) is 24.5 Å². The molecule has 2 N–H and O–H groups in total. The summed E-state index contributed by atoms with van der Waals surface area (Å²) in [7, 11) is 0. The second kappa shape index (κ2) is 5.80. The lowest BCUT2D eigenvalue weighted by atomic mass is 10.1. The van der Waals surface area contributed by atoms with Crippen LogP contribution in [0.4, 0.5) is 0 Å². The third-order valence-electron chi connectivity index (χ3n) is 3.40. The molecule has 0 aliphatic rings. The highest BCUT2D eigenvalue weighted by Crippen LogP contribution is 2.24. The van der Waals surface area contributed by atoms with Crippen LogP contribution in [0.2, 0.25) is 0 Å². The van der Waals surface area contributed by atoms with Crippen LogP contribution in [0, 0.1) is 12.1 Å². The van der Waals surface area contributed by atoms with Crippen molar-refractivity contribution in [3.05, 3.63) is 70.9 Å². The van der Waals surface area contributed by atoms with Crippen molar-refractivity contribution in [3.8, 4) is 0 Å². The summed E-state index contributed by atoms with van der Waals surface area (Å²) in [6.07, 6.45) is 2.39. The van der Waals surface area contributed by atoms with Gasteiger partial charge < -0.3 is 9.62 Å². The quantitative estimate of drug-likeness (QED) is 0.425. The molecule has 0 fully saturated rings. The Labute approximate surface area is 131 Å². The van der Waals surface area contributed by atoms with Crippen molar-refractivity contribution in [2.75, 3.05) is 0 Å². The summed E-state index contributed by atoms with van der Waals surface area (Å²) in [5.41, 5.74) is 6.12. The standard InChI is InChI=1S/C16H13N3O4/c1-10-12-4-2-3-5-13(12)23-14(10)16(21)18-17-15(20)11-6-8-19(22)9-7-11/h2-9H,1H3,(H,17,20)(H,18,21). The fraction of sp³-hybridized carbons (Fsp3) is 0.0625. The molecule has 116 valence electrons. The number of carbonyl (C=O) groups excluding carboxylic acids is 2. The third kappa shape index (κ3) is 2.84. The molecule has 0 spiro atoms. The topological polar surface area (TPSA) is 98.3 Å². The van der Waals surface area contributed by atoms with Crippen LogP contribution in [-0.4, -0.2) is 11.8 Å². The second-order valence-corrected chi connectivity index (χ2v) is 4.91. The first-order valence-corrected chi connectivity index (χ1v) is 6.84. The zero-order chi connectivity index (χ0) is 16.4. The average molecular weight is 311 g/mol. The molecule has 0 bridgehead atoms. The first-order valence-electron chi connectivity index (χ1n) is 6.84. The van der Waals surface area contributed by atoms with Gasteiger partial charge in [0.05, 0.1) is 5.56 Å². The van der Waals surface area contributed by atoms with Crippen molar-refractivity contribution in [1.82, 2.24) is 10.9 Å². The first-order chi connectivity index (χ1) is 11.1. The maximum Gasteiger partial charge on any atom is 0.305 e. The van der Waals surface area contributed by atoms with Gasteiger partial charge in [-0.15, -0.1) is 0 Å². The van der Waals surface area contributed by atoms with Crippen molar-refractivity contribution in [1.29, 1.82) is 0 Å². The maximum absolute atomic E-state index is 12.2. The van der Waals surface area contributed by atoms with E-state index in [9.17, 15) is 14.8 Å². The van der Waals surface area contributed by atoms with Crippen LogP contribution < -0.4 is 15.6 Å². The average Bonchev–Trinajstić information content (AvgIpc) is 2.90. The number of amides is 2. The summed E-state index contributed by atoms with van der Waals surface area (Å²) in [6, 6.07) is 9.98. The van der Waals surface area contributed by atoms with Crippen molar-refractivity contribution in [2.45, 2.75) is 6.92 Å². The number of pyridine rings is 1. The monoisotopic (exact) mass is 311 g/mol. The molecule has 2 aromatic heterocycles. The van der Waals surface area contributed by atoms with Crippen LogP contribution in [0.5, 0.6) is 0 Å². The van der Waals surface area contributed by atoms with E-state index < -0.39 is 11.8 Å². The SMILES string of the molecule is Cc1c(C(=O)NNC(=O)c2cc[n+]([O-])cc2)oc2ccccc12. The number of aromatic nitrogens is 1. The van der Waals surface area contributed by atoms with Crippen molar-refractivity contribution < 1.29 is 18.7 Å². The summed E-state index contributed by atoms with van der Waals surface area (Å²) >= 11 is 0. The molecule has 2 amide bonds. The Hall–Kier alpha value is -3.35. The lowest BCUT2D eigenvalue weighted by Gasteiger charge is -2.06. The van der Waals surface area contributed by atoms with Crippen LogP contribution >= 0.6 is 0 Å². The van der Waals surface area contributed by atoms with Crippen molar-refractivity contribution in [3.63, 3.8) is 0 Å². The second-order valence-electron chi connectivity index (χ2n) is 4.91. The van der Waals surface area contributed by atoms with Gasteiger partial charge in [-0.1, -0.05) is 18.2 Å². The van der Waals surface area contributed by atoms with Gasteiger partial charge in [-0.25, -0.2) is 0 Å². The maximum atomic E-state index is 12.2. The van der Waals surface area contributed by atoms with Gasteiger partial charge in [0.2, 0.25) is 0 Å². The van der Waals surface area contributed by atoms with Gasteiger partial charge in [0.1, 0.15) is 5.58 Å². The van der Waals surface area contributed by atoms with Crippen LogP contribution in [0.25, 0.3) is 11.0 Å². The van der Waals surface area contributed by atoms with Crippen LogP contribution in [0.1, 0.15) is 26.5 Å². The smallest absolute Gasteiger partial charge is 0.305 e. The van der Waals surface area contributed by atoms with Gasteiger partial charge in [0.15, 0.2) is 18.2 Å². The lowest BCUT2D eigenvalue weighted by molar-refractivity contribution is -0.605. The summed E-state index contributed by atoms with van der Waals surface area (Å²) in [4.78, 5) is 24.0. The molecular weight excluding hydrogens is 298 g/mol. The van der Waals surface area contributed by atoms with Gasteiger partial charge in [0, 0.05) is 23.1 Å². The number of hydrogen-bond acceptors (Lipinski definition) is 4. The van der Waals surface area contributed by atoms with Gasteiger partial charge in [-0.3, -0.25) is 20.4 Å². The molecule has 7 nitrogen and oxygen atoms in total. The van der Waals surface area contributed by atoms with Crippen molar-refractivity contribution in [2.24, 2.45) is 0 Å². The van der Waals surface area contributed by atoms with E-state index in [0.29, 0.717) is 15.9 Å². The Balaban J connectivity index is 1.72. The number of hydrazine groups is 1. The molecule has 3 rings (SSSR count). The number of para-hydroxylation sites is 1. The number of rotatable bonds is 2. The highest BCUT2D eigenvalue weighted by atomic mass is 16.5. The molecule has 0 saturated heterocycles. The predicted octanol–water partition coefficient (Wildman–Crippen LogP) is 1.45. The fourth-order valence-corrected chi connectivity index (χ4v) is 2.20. The zero-order valence-corrected chi connectivity index (χ0v) is 12.2. The van der Waals surface area contributed by atoms with E-state index in [-0.39, 0.29) is 11.3 Å². The minimum Gasteiger partial charge on any atom is -0.619 e. The summed E-state index contributed by atoms with van der Waals surface area (Å²) in [6.45, 7) is 1.77. The molecule has 23 heavy (non-hydrogen) atoms. The normalized spacial score (nSPS) is 10.5. The lowest BCUT2D eigenvalue weighted by Crippen LogP contribution is -2.42. The number of nitrogens with zero attached hydrogens (tertiary/aromatic N) is 1. The molecule has 0 atom stereocenters. The van der Waals surface area contributed by atoms with E-state index >= 15 is 0 Å². The number of carbonyl (C=O) groups is 2. The Morgan fingerprint density at radius 1 is 1.04 bits per heavy atom. The Morgan fingerprint density at radius 3 is 2.39 bits per heavy atom. The van der Waals surface area contributed by atoms with Crippen molar-refractivity contribution >= 4 is 22.8 Å². The number of hydrogen-bond donors (Lipinski definition) is 2. The highest BCUT2D eigenvalue weighted by molar-refractivity contribution is 6.01. The number of nitrogens with one attached hydrogen (secondary N) is 2. The third-order valence-corrected chi connectivity index (χ3v) is 3.40. The van der Waals surface area contributed by atoms with E-state index in [2.05, 4.69) is 10.9 Å². The minimum atomic E-state index is -0.554. The number of furan rings is 1. The molecule has 1 aromatic carbocycles. The van der Waals surface area contributed by atoms with Gasteiger partial charge >= 0.3 is 5.91 Å². The molecule has 0 unspecified atom stereocenters. The minimum absolute atomic E-state index is 0.136. The molecule has 0 aliphatic heterocycles. The van der Waals surface area contributed by atoms with Gasteiger partial charge in [-0.05, 0) is 13.0 Å².